The molecule has 0 saturated carbocycles. The number of amides is 1. The molecule has 5 rings (SSSR count). The lowest BCUT2D eigenvalue weighted by Gasteiger charge is -2.14. The van der Waals surface area contributed by atoms with Crippen LogP contribution in [0.15, 0.2) is 67.4 Å². The number of aromatic nitrogens is 5. The summed E-state index contributed by atoms with van der Waals surface area (Å²) in [5, 5.41) is 5.79. The number of nitrogens with zero attached hydrogens (tertiary/aromatic N) is 4. The summed E-state index contributed by atoms with van der Waals surface area (Å²) >= 11 is 0. The molecule has 1 amide bonds. The first-order valence-electron chi connectivity index (χ1n) is 10.6. The minimum absolute atomic E-state index is 0.0155. The van der Waals surface area contributed by atoms with E-state index in [1.807, 2.05) is 0 Å². The minimum atomic E-state index is -4.53. The highest BCUT2D eigenvalue weighted by molar-refractivity contribution is 6.05. The standard InChI is InChI=1S/C24H17F4N7O/c1-13-5-6-14(22(36)33-16-4-2-3-15(10-16)24(26,27)28)9-18(13)34-23-29-7-8-35(23)21-19-17(25)11-30-20(19)31-12-32-21/h2-12H,1H3,(H,29,34)(H,33,36)(H,30,31,32). The molecule has 0 bridgehead atoms. The van der Waals surface area contributed by atoms with Crippen molar-refractivity contribution in [2.45, 2.75) is 13.1 Å². The van der Waals surface area contributed by atoms with Crippen LogP contribution in [-0.4, -0.2) is 30.4 Å². The van der Waals surface area contributed by atoms with Gasteiger partial charge in [-0.1, -0.05) is 12.1 Å². The molecule has 0 aliphatic heterocycles. The van der Waals surface area contributed by atoms with Crippen molar-refractivity contribution in [3.8, 4) is 5.82 Å². The molecule has 5 aromatic rings. The van der Waals surface area contributed by atoms with E-state index in [4.69, 9.17) is 0 Å². The van der Waals surface area contributed by atoms with Crippen molar-refractivity contribution >= 4 is 34.3 Å². The van der Waals surface area contributed by atoms with Crippen molar-refractivity contribution in [2.75, 3.05) is 10.6 Å². The molecule has 0 unspecified atom stereocenters. The largest absolute Gasteiger partial charge is 0.416 e. The Labute approximate surface area is 201 Å². The van der Waals surface area contributed by atoms with E-state index in [2.05, 4.69) is 30.6 Å². The molecule has 0 aliphatic carbocycles. The fourth-order valence-corrected chi connectivity index (χ4v) is 3.65. The molecule has 3 aromatic heterocycles. The number of imidazole rings is 1. The summed E-state index contributed by atoms with van der Waals surface area (Å²) in [6.45, 7) is 1.80. The summed E-state index contributed by atoms with van der Waals surface area (Å²) in [6.07, 6.45) is 1.05. The average Bonchev–Trinajstić information content (AvgIpc) is 3.46. The van der Waals surface area contributed by atoms with Crippen molar-refractivity contribution in [3.05, 3.63) is 89.9 Å². The van der Waals surface area contributed by atoms with Gasteiger partial charge in [0.25, 0.3) is 5.91 Å². The molecule has 12 heteroatoms. The number of alkyl halides is 3. The second kappa shape index (κ2) is 8.80. The number of hydrogen-bond acceptors (Lipinski definition) is 5. The van der Waals surface area contributed by atoms with Crippen molar-refractivity contribution in [2.24, 2.45) is 0 Å². The molecule has 3 N–H and O–H groups in total. The van der Waals surface area contributed by atoms with Gasteiger partial charge >= 0.3 is 6.18 Å². The minimum Gasteiger partial charge on any atom is -0.343 e. The van der Waals surface area contributed by atoms with E-state index in [0.29, 0.717) is 17.3 Å². The van der Waals surface area contributed by atoms with Crippen LogP contribution in [0.5, 0.6) is 0 Å². The molecule has 8 nitrogen and oxygen atoms in total. The second-order valence-electron chi connectivity index (χ2n) is 7.87. The number of aryl methyl sites for hydroxylation is 1. The normalized spacial score (nSPS) is 11.6. The van der Waals surface area contributed by atoms with Crippen molar-refractivity contribution < 1.29 is 22.4 Å². The Bertz CT molecular complexity index is 1590. The Balaban J connectivity index is 1.43. The first-order valence-corrected chi connectivity index (χ1v) is 10.6. The maximum Gasteiger partial charge on any atom is 0.416 e. The zero-order valence-electron chi connectivity index (χ0n) is 18.6. The van der Waals surface area contributed by atoms with Gasteiger partial charge in [-0.2, -0.15) is 13.2 Å². The Morgan fingerprint density at radius 2 is 1.92 bits per heavy atom. The number of carbonyl (C=O) groups excluding carboxylic acids is 1. The average molecular weight is 495 g/mol. The molecule has 0 atom stereocenters. The third-order valence-corrected chi connectivity index (χ3v) is 5.46. The van der Waals surface area contributed by atoms with E-state index in [1.165, 1.54) is 35.4 Å². The lowest BCUT2D eigenvalue weighted by molar-refractivity contribution is -0.137. The number of anilines is 3. The highest BCUT2D eigenvalue weighted by Gasteiger charge is 2.30. The van der Waals surface area contributed by atoms with Crippen LogP contribution in [0.25, 0.3) is 16.9 Å². The van der Waals surface area contributed by atoms with Crippen LogP contribution >= 0.6 is 0 Å². The second-order valence-corrected chi connectivity index (χ2v) is 7.87. The van der Waals surface area contributed by atoms with E-state index >= 15 is 0 Å². The molecule has 36 heavy (non-hydrogen) atoms. The molecule has 0 aliphatic rings. The van der Waals surface area contributed by atoms with Crippen molar-refractivity contribution in [1.29, 1.82) is 0 Å². The molecule has 3 heterocycles. The third-order valence-electron chi connectivity index (χ3n) is 5.46. The van der Waals surface area contributed by atoms with E-state index in [1.54, 1.807) is 31.3 Å². The summed E-state index contributed by atoms with van der Waals surface area (Å²) in [5.41, 5.74) is 0.957. The van der Waals surface area contributed by atoms with Crippen LogP contribution in [-0.2, 0) is 6.18 Å². The molecule has 0 fully saturated rings. The zero-order chi connectivity index (χ0) is 25.4. The predicted octanol–water partition coefficient (Wildman–Crippen LogP) is 5.61. The quantitative estimate of drug-likeness (QED) is 0.276. The Morgan fingerprint density at radius 3 is 2.72 bits per heavy atom. The topological polar surface area (TPSA) is 101 Å². The fraction of sp³-hybridized carbons (Fsp3) is 0.0833. The number of rotatable bonds is 5. The lowest BCUT2D eigenvalue weighted by Crippen LogP contribution is -2.14. The highest BCUT2D eigenvalue weighted by Crippen LogP contribution is 2.31. The van der Waals surface area contributed by atoms with Crippen LogP contribution in [0, 0.1) is 12.7 Å². The lowest BCUT2D eigenvalue weighted by atomic mass is 10.1. The van der Waals surface area contributed by atoms with E-state index in [-0.39, 0.29) is 22.5 Å². The van der Waals surface area contributed by atoms with Crippen LogP contribution in [0.1, 0.15) is 21.5 Å². The smallest absolute Gasteiger partial charge is 0.343 e. The van der Waals surface area contributed by atoms with Crippen LogP contribution in [0.2, 0.25) is 0 Å². The summed E-state index contributed by atoms with van der Waals surface area (Å²) in [4.78, 5) is 28.0. The number of aromatic amines is 1. The number of nitrogens with one attached hydrogen (secondary N) is 3. The summed E-state index contributed by atoms with van der Waals surface area (Å²) in [6, 6.07) is 9.17. The maximum absolute atomic E-state index is 14.4. The van der Waals surface area contributed by atoms with E-state index in [0.717, 1.165) is 17.7 Å². The van der Waals surface area contributed by atoms with Gasteiger partial charge < -0.3 is 15.6 Å². The van der Waals surface area contributed by atoms with Gasteiger partial charge in [-0.15, -0.1) is 0 Å². The SMILES string of the molecule is Cc1ccc(C(=O)Nc2cccc(C(F)(F)F)c2)cc1Nc1nccn1-c1ncnc2[nH]cc(F)c12. The Hall–Kier alpha value is -4.74. The monoisotopic (exact) mass is 495 g/mol. The van der Waals surface area contributed by atoms with Gasteiger partial charge in [-0.05, 0) is 42.8 Å². The number of H-pyrrole nitrogens is 1. The van der Waals surface area contributed by atoms with Crippen molar-refractivity contribution in [1.82, 2.24) is 24.5 Å². The molecular weight excluding hydrogens is 478 g/mol. The highest BCUT2D eigenvalue weighted by atomic mass is 19.4. The van der Waals surface area contributed by atoms with Gasteiger partial charge in [-0.25, -0.2) is 19.3 Å². The van der Waals surface area contributed by atoms with Crippen molar-refractivity contribution in [3.63, 3.8) is 0 Å². The van der Waals surface area contributed by atoms with Gasteiger partial charge in [0.05, 0.1) is 10.9 Å². The molecule has 2 aromatic carbocycles. The first kappa shape index (κ1) is 23.0. The van der Waals surface area contributed by atoms with Crippen LogP contribution in [0.4, 0.5) is 34.9 Å². The summed E-state index contributed by atoms with van der Waals surface area (Å²) in [5.74, 6) is -0.554. The number of hydrogen-bond donors (Lipinski definition) is 3. The number of carbonyl (C=O) groups is 1. The van der Waals surface area contributed by atoms with Gasteiger partial charge in [0, 0.05) is 35.5 Å². The van der Waals surface area contributed by atoms with Crippen LogP contribution in [0.3, 0.4) is 0 Å². The number of benzene rings is 2. The predicted molar refractivity (Wildman–Crippen MR) is 125 cm³/mol. The fourth-order valence-electron chi connectivity index (χ4n) is 3.65. The van der Waals surface area contributed by atoms with Gasteiger partial charge in [0.2, 0.25) is 5.95 Å². The first-order chi connectivity index (χ1) is 17.2. The Kier molecular flexibility index (Phi) is 5.63. The van der Waals surface area contributed by atoms with Gasteiger partial charge in [-0.3, -0.25) is 9.36 Å². The summed E-state index contributed by atoms with van der Waals surface area (Å²) in [7, 11) is 0. The molecule has 182 valence electrons. The summed E-state index contributed by atoms with van der Waals surface area (Å²) < 4.78 is 54.9. The molecule has 0 saturated heterocycles. The maximum atomic E-state index is 14.4. The van der Waals surface area contributed by atoms with Gasteiger partial charge in [0.1, 0.15) is 12.0 Å². The molecular formula is C24H17F4N7O. The third kappa shape index (κ3) is 4.35. The van der Waals surface area contributed by atoms with E-state index < -0.39 is 23.5 Å². The van der Waals surface area contributed by atoms with Gasteiger partial charge in [0.15, 0.2) is 11.6 Å². The van der Waals surface area contributed by atoms with Crippen LogP contribution < -0.4 is 10.6 Å². The zero-order valence-corrected chi connectivity index (χ0v) is 18.6. The Morgan fingerprint density at radius 1 is 1.08 bits per heavy atom. The van der Waals surface area contributed by atoms with E-state index in [9.17, 15) is 22.4 Å². The molecule has 0 spiro atoms. The molecule has 0 radical (unpaired) electrons. The number of fused-ring (bicyclic) bond motifs is 1. The number of halogens is 4.